The van der Waals surface area contributed by atoms with E-state index >= 15 is 0 Å². The van der Waals surface area contributed by atoms with Gasteiger partial charge in [0.05, 0.1) is 6.07 Å². The van der Waals surface area contributed by atoms with Gasteiger partial charge in [-0.25, -0.2) is 0 Å². The number of hydrogen-bond acceptors (Lipinski definition) is 1. The third-order valence-electron chi connectivity index (χ3n) is 2.72. The van der Waals surface area contributed by atoms with E-state index in [2.05, 4.69) is 6.08 Å². The molecule has 1 saturated carbocycles. The highest BCUT2D eigenvalue weighted by atomic mass is 14.4. The summed E-state index contributed by atoms with van der Waals surface area (Å²) in [5.41, 5.74) is 1.41. The number of allylic oxidation sites excluding steroid dienone is 4. The van der Waals surface area contributed by atoms with Crippen LogP contribution in [0.1, 0.15) is 19.3 Å². The van der Waals surface area contributed by atoms with Crippen molar-refractivity contribution in [1.82, 2.24) is 0 Å². The van der Waals surface area contributed by atoms with E-state index in [0.717, 1.165) is 11.8 Å². The van der Waals surface area contributed by atoms with Crippen LogP contribution in [0.25, 0.3) is 0 Å². The van der Waals surface area contributed by atoms with Crippen molar-refractivity contribution in [3.05, 3.63) is 23.8 Å². The largest absolute Gasteiger partial charge is 0.193 e. The van der Waals surface area contributed by atoms with Crippen LogP contribution in [0, 0.1) is 23.2 Å². The lowest BCUT2D eigenvalue weighted by Crippen LogP contribution is -1.93. The maximum atomic E-state index is 8.33. The molecule has 0 aliphatic heterocycles. The highest BCUT2D eigenvalue weighted by molar-refractivity contribution is 5.31. The topological polar surface area (TPSA) is 23.8 Å². The summed E-state index contributed by atoms with van der Waals surface area (Å²) < 4.78 is 0. The molecule has 0 N–H and O–H groups in total. The van der Waals surface area contributed by atoms with Crippen molar-refractivity contribution in [2.45, 2.75) is 19.3 Å². The maximum absolute atomic E-state index is 8.33. The zero-order valence-corrected chi connectivity index (χ0v) is 6.46. The zero-order chi connectivity index (χ0) is 7.68. The Kier molecular flexibility index (Phi) is 1.54. The van der Waals surface area contributed by atoms with Gasteiger partial charge in [-0.1, -0.05) is 6.08 Å². The number of hydrogen-bond donors (Lipinski definition) is 0. The Morgan fingerprint density at radius 2 is 2.45 bits per heavy atom. The lowest BCUT2D eigenvalue weighted by Gasteiger charge is -2.07. The van der Waals surface area contributed by atoms with Crippen molar-refractivity contribution in [3.8, 4) is 6.07 Å². The van der Waals surface area contributed by atoms with Crippen LogP contribution in [0.15, 0.2) is 23.8 Å². The van der Waals surface area contributed by atoms with Crippen LogP contribution in [0.3, 0.4) is 0 Å². The molecule has 0 aromatic heterocycles. The molecule has 1 fully saturated rings. The fraction of sp³-hybridized carbons (Fsp3) is 0.500. The average molecular weight is 145 g/mol. The van der Waals surface area contributed by atoms with Crippen LogP contribution in [-0.4, -0.2) is 0 Å². The molecular formula is C10H11N. The Labute approximate surface area is 67.0 Å². The molecule has 1 nitrogen and oxygen atoms in total. The molecule has 0 amide bonds. The molecule has 2 aliphatic carbocycles. The smallest absolute Gasteiger partial charge is 0.0912 e. The summed E-state index contributed by atoms with van der Waals surface area (Å²) >= 11 is 0. The first kappa shape index (κ1) is 6.67. The molecule has 0 spiro atoms. The van der Waals surface area contributed by atoms with Crippen LogP contribution < -0.4 is 0 Å². The Morgan fingerprint density at radius 1 is 1.55 bits per heavy atom. The van der Waals surface area contributed by atoms with Crippen LogP contribution in [0.4, 0.5) is 0 Å². The van der Waals surface area contributed by atoms with E-state index in [-0.39, 0.29) is 0 Å². The second kappa shape index (κ2) is 2.54. The molecule has 2 atom stereocenters. The van der Waals surface area contributed by atoms with E-state index in [0.29, 0.717) is 0 Å². The first-order valence-corrected chi connectivity index (χ1v) is 4.18. The lowest BCUT2D eigenvalue weighted by molar-refractivity contribution is 0.671. The highest BCUT2D eigenvalue weighted by Crippen LogP contribution is 2.43. The summed E-state index contributed by atoms with van der Waals surface area (Å²) in [5.74, 6) is 1.61. The minimum Gasteiger partial charge on any atom is -0.193 e. The first-order chi connectivity index (χ1) is 5.40. The van der Waals surface area contributed by atoms with Crippen LogP contribution >= 0.6 is 0 Å². The first-order valence-electron chi connectivity index (χ1n) is 4.18. The molecule has 0 heterocycles. The summed E-state index contributed by atoms with van der Waals surface area (Å²) in [6.07, 6.45) is 9.95. The Bertz CT molecular complexity index is 255. The number of nitriles is 1. The molecule has 2 unspecified atom stereocenters. The molecule has 2 aliphatic rings. The number of rotatable bonds is 1. The fourth-order valence-electron chi connectivity index (χ4n) is 2.20. The van der Waals surface area contributed by atoms with Crippen molar-refractivity contribution in [1.29, 1.82) is 5.26 Å². The van der Waals surface area contributed by atoms with Crippen LogP contribution in [-0.2, 0) is 0 Å². The molecule has 2 rings (SSSR count). The van der Waals surface area contributed by atoms with Gasteiger partial charge < -0.3 is 0 Å². The lowest BCUT2D eigenvalue weighted by atomic mass is 9.98. The SMILES string of the molecule is N#CC=CC1=CC2CCC1C2. The van der Waals surface area contributed by atoms with E-state index in [1.54, 1.807) is 6.08 Å². The van der Waals surface area contributed by atoms with E-state index in [1.165, 1.54) is 24.8 Å². The third kappa shape index (κ3) is 1.09. The van der Waals surface area contributed by atoms with Crippen molar-refractivity contribution >= 4 is 0 Å². The maximum Gasteiger partial charge on any atom is 0.0912 e. The van der Waals surface area contributed by atoms with Crippen molar-refractivity contribution < 1.29 is 0 Å². The molecular weight excluding hydrogens is 134 g/mol. The Morgan fingerprint density at radius 3 is 3.00 bits per heavy atom. The van der Waals surface area contributed by atoms with E-state index in [9.17, 15) is 0 Å². The summed E-state index contributed by atoms with van der Waals surface area (Å²) in [5, 5.41) is 8.33. The molecule has 0 aromatic rings. The van der Waals surface area contributed by atoms with Gasteiger partial charge in [-0.3, -0.25) is 0 Å². The number of fused-ring (bicyclic) bond motifs is 2. The molecule has 56 valence electrons. The molecule has 0 saturated heterocycles. The normalized spacial score (nSPS) is 34.3. The molecule has 0 radical (unpaired) electrons. The van der Waals surface area contributed by atoms with Gasteiger partial charge >= 0.3 is 0 Å². The highest BCUT2D eigenvalue weighted by Gasteiger charge is 2.30. The van der Waals surface area contributed by atoms with Gasteiger partial charge in [-0.15, -0.1) is 0 Å². The third-order valence-corrected chi connectivity index (χ3v) is 2.72. The quantitative estimate of drug-likeness (QED) is 0.520. The van der Waals surface area contributed by atoms with Gasteiger partial charge in [-0.05, 0) is 42.7 Å². The van der Waals surface area contributed by atoms with Gasteiger partial charge in [0, 0.05) is 6.08 Å². The van der Waals surface area contributed by atoms with Gasteiger partial charge in [0.1, 0.15) is 0 Å². The zero-order valence-electron chi connectivity index (χ0n) is 6.46. The monoisotopic (exact) mass is 145 g/mol. The van der Waals surface area contributed by atoms with Crippen molar-refractivity contribution in [2.75, 3.05) is 0 Å². The van der Waals surface area contributed by atoms with E-state index in [1.807, 2.05) is 12.1 Å². The van der Waals surface area contributed by atoms with Gasteiger partial charge in [-0.2, -0.15) is 5.26 Å². The Hall–Kier alpha value is -1.03. The second-order valence-electron chi connectivity index (χ2n) is 3.40. The van der Waals surface area contributed by atoms with Crippen LogP contribution in [0.2, 0.25) is 0 Å². The summed E-state index contributed by atoms with van der Waals surface area (Å²) in [4.78, 5) is 0. The van der Waals surface area contributed by atoms with Gasteiger partial charge in [0.15, 0.2) is 0 Å². The Balaban J connectivity index is 2.12. The number of nitrogens with zero attached hydrogens (tertiary/aromatic N) is 1. The summed E-state index contributed by atoms with van der Waals surface area (Å²) in [7, 11) is 0. The second-order valence-corrected chi connectivity index (χ2v) is 3.40. The van der Waals surface area contributed by atoms with E-state index < -0.39 is 0 Å². The average Bonchev–Trinajstić information content (AvgIpc) is 2.60. The van der Waals surface area contributed by atoms with Gasteiger partial charge in [0.25, 0.3) is 0 Å². The van der Waals surface area contributed by atoms with Gasteiger partial charge in [0.2, 0.25) is 0 Å². The minimum absolute atomic E-state index is 0.782. The predicted molar refractivity (Wildman–Crippen MR) is 43.7 cm³/mol. The summed E-state index contributed by atoms with van der Waals surface area (Å²) in [6.45, 7) is 0. The summed E-state index contributed by atoms with van der Waals surface area (Å²) in [6, 6.07) is 2.03. The fourth-order valence-corrected chi connectivity index (χ4v) is 2.20. The predicted octanol–water partition coefficient (Wildman–Crippen LogP) is 2.42. The van der Waals surface area contributed by atoms with Crippen molar-refractivity contribution in [2.24, 2.45) is 11.8 Å². The molecule has 0 aromatic carbocycles. The van der Waals surface area contributed by atoms with E-state index in [4.69, 9.17) is 5.26 Å². The van der Waals surface area contributed by atoms with Crippen molar-refractivity contribution in [3.63, 3.8) is 0 Å². The molecule has 11 heavy (non-hydrogen) atoms. The van der Waals surface area contributed by atoms with Crippen LogP contribution in [0.5, 0.6) is 0 Å². The minimum atomic E-state index is 0.782. The molecule has 1 heteroatoms. The molecule has 2 bridgehead atoms. The standard InChI is InChI=1S/C10H11N/c11-5-1-2-9-6-8-3-4-10(9)7-8/h1-2,6,8,10H,3-4,7H2.